The summed E-state index contributed by atoms with van der Waals surface area (Å²) in [6, 6.07) is 4.17. The van der Waals surface area contributed by atoms with Gasteiger partial charge in [0.2, 0.25) is 11.8 Å². The highest BCUT2D eigenvalue weighted by molar-refractivity contribution is 9.10. The molecule has 0 spiro atoms. The molecule has 102 valence electrons. The molecule has 1 aromatic carbocycles. The minimum absolute atomic E-state index is 0.116. The second-order valence-electron chi connectivity index (χ2n) is 4.46. The molecule has 1 saturated heterocycles. The zero-order chi connectivity index (χ0) is 14.2. The summed E-state index contributed by atoms with van der Waals surface area (Å²) in [5.41, 5.74) is 0.669. The first-order chi connectivity index (χ1) is 8.95. The van der Waals surface area contributed by atoms with Gasteiger partial charge in [-0.25, -0.2) is 0 Å². The molecule has 0 radical (unpaired) electrons. The highest BCUT2D eigenvalue weighted by Crippen LogP contribution is 2.32. The Morgan fingerprint density at radius 2 is 2.11 bits per heavy atom. The van der Waals surface area contributed by atoms with E-state index in [2.05, 4.69) is 21.2 Å². The molecule has 1 fully saturated rings. The molecule has 0 aromatic heterocycles. The van der Waals surface area contributed by atoms with Gasteiger partial charge in [0.1, 0.15) is 12.1 Å². The molecule has 0 aliphatic carbocycles. The Kier molecular flexibility index (Phi) is 4.16. The number of anilines is 1. The van der Waals surface area contributed by atoms with Crippen molar-refractivity contribution in [3.05, 3.63) is 27.7 Å². The first-order valence-electron chi connectivity index (χ1n) is 6.04. The summed E-state index contributed by atoms with van der Waals surface area (Å²) < 4.78 is 0.703. The number of carbonyl (C=O) groups is 2. The maximum absolute atomic E-state index is 12.3. The van der Waals surface area contributed by atoms with Gasteiger partial charge < -0.3 is 5.32 Å². The van der Waals surface area contributed by atoms with Crippen molar-refractivity contribution < 1.29 is 9.59 Å². The number of rotatable bonds is 2. The van der Waals surface area contributed by atoms with Crippen molar-refractivity contribution >= 4 is 45.0 Å². The summed E-state index contributed by atoms with van der Waals surface area (Å²) in [5.74, 6) is -0.245. The minimum Gasteiger partial charge on any atom is -0.343 e. The lowest BCUT2D eigenvalue weighted by atomic mass is 10.0. The monoisotopic (exact) mass is 344 g/mol. The van der Waals surface area contributed by atoms with Crippen molar-refractivity contribution in [1.29, 1.82) is 0 Å². The Labute approximate surface area is 125 Å². The summed E-state index contributed by atoms with van der Waals surface area (Å²) in [4.78, 5) is 25.9. The molecule has 1 aliphatic rings. The van der Waals surface area contributed by atoms with Crippen LogP contribution in [0, 0.1) is 0 Å². The average Bonchev–Trinajstić information content (AvgIpc) is 2.34. The number of nitrogens with zero attached hydrogens (tertiary/aromatic N) is 1. The van der Waals surface area contributed by atoms with Crippen LogP contribution in [0.5, 0.6) is 0 Å². The number of hydrogen-bond acceptors (Lipinski definition) is 2. The van der Waals surface area contributed by atoms with Crippen LogP contribution in [0.1, 0.15) is 20.3 Å². The molecule has 1 heterocycles. The summed E-state index contributed by atoms with van der Waals surface area (Å²) in [7, 11) is 0. The average molecular weight is 346 g/mol. The third-order valence-corrected chi connectivity index (χ3v) is 4.01. The van der Waals surface area contributed by atoms with E-state index in [0.717, 1.165) is 0 Å². The first-order valence-corrected chi connectivity index (χ1v) is 7.21. The van der Waals surface area contributed by atoms with Gasteiger partial charge in [-0.2, -0.15) is 0 Å². The van der Waals surface area contributed by atoms with Gasteiger partial charge in [0.25, 0.3) is 0 Å². The molecule has 1 aromatic rings. The fraction of sp³-hybridized carbons (Fsp3) is 0.385. The van der Waals surface area contributed by atoms with Gasteiger partial charge in [-0.05, 0) is 47.5 Å². The predicted molar refractivity (Wildman–Crippen MR) is 78.3 cm³/mol. The van der Waals surface area contributed by atoms with E-state index in [0.29, 0.717) is 21.6 Å². The molecular formula is C13H14BrClN2O2. The molecule has 2 unspecified atom stereocenters. The molecule has 6 heteroatoms. The van der Waals surface area contributed by atoms with Crippen LogP contribution in [0.15, 0.2) is 22.7 Å². The molecule has 0 saturated carbocycles. The van der Waals surface area contributed by atoms with Crippen molar-refractivity contribution in [3.63, 3.8) is 0 Å². The summed E-state index contributed by atoms with van der Waals surface area (Å²) in [6.45, 7) is 3.56. The summed E-state index contributed by atoms with van der Waals surface area (Å²) in [6.07, 6.45) is 0.555. The lowest BCUT2D eigenvalue weighted by Crippen LogP contribution is -2.62. The molecule has 2 atom stereocenters. The van der Waals surface area contributed by atoms with E-state index in [9.17, 15) is 9.59 Å². The van der Waals surface area contributed by atoms with Crippen LogP contribution in [0.3, 0.4) is 0 Å². The van der Waals surface area contributed by atoms with Crippen LogP contribution < -0.4 is 10.2 Å². The van der Waals surface area contributed by atoms with E-state index in [-0.39, 0.29) is 11.8 Å². The van der Waals surface area contributed by atoms with Crippen molar-refractivity contribution in [1.82, 2.24) is 5.32 Å². The van der Waals surface area contributed by atoms with E-state index in [1.54, 1.807) is 30.0 Å². The van der Waals surface area contributed by atoms with E-state index in [1.165, 1.54) is 0 Å². The minimum atomic E-state index is -0.516. The maximum Gasteiger partial charge on any atom is 0.250 e. The van der Waals surface area contributed by atoms with Crippen LogP contribution in [0.25, 0.3) is 0 Å². The van der Waals surface area contributed by atoms with E-state index in [4.69, 9.17) is 11.6 Å². The third-order valence-electron chi connectivity index (χ3n) is 3.14. The number of halogens is 2. The van der Waals surface area contributed by atoms with Gasteiger partial charge in [0.05, 0.1) is 5.69 Å². The Bertz CT molecular complexity index is 535. The van der Waals surface area contributed by atoms with Crippen LogP contribution in [0.4, 0.5) is 5.69 Å². The Hall–Kier alpha value is -1.07. The van der Waals surface area contributed by atoms with Crippen molar-refractivity contribution in [3.8, 4) is 0 Å². The number of carbonyl (C=O) groups excluding carboxylic acids is 2. The zero-order valence-electron chi connectivity index (χ0n) is 10.6. The molecule has 0 bridgehead atoms. The van der Waals surface area contributed by atoms with Crippen molar-refractivity contribution in [2.45, 2.75) is 32.4 Å². The number of amides is 2. The summed E-state index contributed by atoms with van der Waals surface area (Å²) in [5, 5.41) is 3.26. The Balaban J connectivity index is 2.48. The maximum atomic E-state index is 12.3. The van der Waals surface area contributed by atoms with Gasteiger partial charge in [0, 0.05) is 9.50 Å². The largest absolute Gasteiger partial charge is 0.343 e. The fourth-order valence-corrected chi connectivity index (χ4v) is 3.06. The van der Waals surface area contributed by atoms with E-state index < -0.39 is 12.1 Å². The van der Waals surface area contributed by atoms with Crippen LogP contribution >= 0.6 is 27.5 Å². The normalized spacial score (nSPS) is 23.5. The van der Waals surface area contributed by atoms with Crippen LogP contribution in [-0.2, 0) is 9.59 Å². The molecule has 1 aliphatic heterocycles. The molecule has 19 heavy (non-hydrogen) atoms. The Morgan fingerprint density at radius 1 is 1.42 bits per heavy atom. The SMILES string of the molecule is CCC1C(=O)NC(C)C(=O)N1c1ccc(Cl)cc1Br. The van der Waals surface area contributed by atoms with E-state index >= 15 is 0 Å². The number of nitrogens with one attached hydrogen (secondary N) is 1. The number of piperazine rings is 1. The molecule has 4 nitrogen and oxygen atoms in total. The standard InChI is InChI=1S/C13H14BrClN2O2/c1-3-10-12(18)16-7(2)13(19)17(10)11-5-4-8(15)6-9(11)14/h4-7,10H,3H2,1-2H3,(H,16,18). The Morgan fingerprint density at radius 3 is 2.68 bits per heavy atom. The third kappa shape index (κ3) is 2.62. The second kappa shape index (κ2) is 5.51. The molecule has 2 amide bonds. The quantitative estimate of drug-likeness (QED) is 0.896. The predicted octanol–water partition coefficient (Wildman–Crippen LogP) is 2.73. The summed E-state index contributed by atoms with van der Waals surface area (Å²) >= 11 is 9.30. The van der Waals surface area contributed by atoms with Gasteiger partial charge in [-0.15, -0.1) is 0 Å². The lowest BCUT2D eigenvalue weighted by molar-refractivity contribution is -0.133. The number of hydrogen-bond donors (Lipinski definition) is 1. The zero-order valence-corrected chi connectivity index (χ0v) is 13.0. The second-order valence-corrected chi connectivity index (χ2v) is 5.75. The van der Waals surface area contributed by atoms with Gasteiger partial charge in [-0.1, -0.05) is 18.5 Å². The topological polar surface area (TPSA) is 49.4 Å². The van der Waals surface area contributed by atoms with Crippen molar-refractivity contribution in [2.24, 2.45) is 0 Å². The van der Waals surface area contributed by atoms with Gasteiger partial charge >= 0.3 is 0 Å². The molecule has 1 N–H and O–H groups in total. The highest BCUT2D eigenvalue weighted by atomic mass is 79.9. The van der Waals surface area contributed by atoms with Crippen LogP contribution in [0.2, 0.25) is 5.02 Å². The lowest BCUT2D eigenvalue weighted by Gasteiger charge is -2.38. The highest BCUT2D eigenvalue weighted by Gasteiger charge is 2.39. The smallest absolute Gasteiger partial charge is 0.250 e. The fourth-order valence-electron chi connectivity index (χ4n) is 2.18. The van der Waals surface area contributed by atoms with Crippen molar-refractivity contribution in [2.75, 3.05) is 4.90 Å². The molecular weight excluding hydrogens is 332 g/mol. The number of benzene rings is 1. The van der Waals surface area contributed by atoms with E-state index in [1.807, 2.05) is 6.92 Å². The van der Waals surface area contributed by atoms with Crippen LogP contribution in [-0.4, -0.2) is 23.9 Å². The van der Waals surface area contributed by atoms with Gasteiger partial charge in [0.15, 0.2) is 0 Å². The van der Waals surface area contributed by atoms with Gasteiger partial charge in [-0.3, -0.25) is 14.5 Å². The molecule has 2 rings (SSSR count). The first kappa shape index (κ1) is 14.3.